The summed E-state index contributed by atoms with van der Waals surface area (Å²) in [5, 5.41) is 8.79. The lowest BCUT2D eigenvalue weighted by molar-refractivity contribution is -0.141. The molecule has 0 saturated carbocycles. The Kier molecular flexibility index (Phi) is 3.79. The molecule has 0 aliphatic heterocycles. The van der Waals surface area contributed by atoms with Crippen molar-refractivity contribution in [2.45, 2.75) is 6.18 Å². The monoisotopic (exact) mass is 298 g/mol. The topological polar surface area (TPSA) is 72.3 Å². The quantitative estimate of drug-likeness (QED) is 0.943. The Labute approximate surface area is 117 Å². The van der Waals surface area contributed by atoms with Crippen molar-refractivity contribution in [3.63, 3.8) is 0 Å². The van der Waals surface area contributed by atoms with Gasteiger partial charge >= 0.3 is 12.1 Å². The fourth-order valence-electron chi connectivity index (χ4n) is 1.71. The Hall–Kier alpha value is -2.64. The number of aromatic nitrogens is 2. The molecule has 0 fully saturated rings. The van der Waals surface area contributed by atoms with Gasteiger partial charge in [0.2, 0.25) is 0 Å². The Morgan fingerprint density at radius 3 is 2.52 bits per heavy atom. The second-order valence-electron chi connectivity index (χ2n) is 3.96. The van der Waals surface area contributed by atoms with Crippen LogP contribution in [0, 0.1) is 0 Å². The molecule has 1 aromatic carbocycles. The Morgan fingerprint density at radius 1 is 1.29 bits per heavy atom. The number of rotatable bonds is 3. The molecule has 2 aromatic rings. The van der Waals surface area contributed by atoms with Gasteiger partial charge in [0.25, 0.3) is 0 Å². The summed E-state index contributed by atoms with van der Waals surface area (Å²) >= 11 is 0. The number of para-hydroxylation sites is 1. The summed E-state index contributed by atoms with van der Waals surface area (Å²) < 4.78 is 43.7. The first-order chi connectivity index (χ1) is 9.84. The molecule has 1 heterocycles. The first-order valence-electron chi connectivity index (χ1n) is 5.65. The van der Waals surface area contributed by atoms with Crippen LogP contribution >= 0.6 is 0 Å². The molecule has 0 atom stereocenters. The molecule has 1 aromatic heterocycles. The fraction of sp³-hybridized carbons (Fsp3) is 0.154. The van der Waals surface area contributed by atoms with Crippen molar-refractivity contribution in [2.75, 3.05) is 7.11 Å². The summed E-state index contributed by atoms with van der Waals surface area (Å²) in [6, 6.07) is 6.24. The van der Waals surface area contributed by atoms with Crippen LogP contribution in [0.1, 0.15) is 16.1 Å². The summed E-state index contributed by atoms with van der Waals surface area (Å²) in [5.74, 6) is -1.72. The van der Waals surface area contributed by atoms with Crippen LogP contribution in [0.2, 0.25) is 0 Å². The predicted octanol–water partition coefficient (Wildman–Crippen LogP) is 2.87. The number of aromatic carboxylic acids is 1. The van der Waals surface area contributed by atoms with E-state index in [0.29, 0.717) is 6.20 Å². The van der Waals surface area contributed by atoms with Gasteiger partial charge in [0.15, 0.2) is 11.5 Å². The van der Waals surface area contributed by atoms with E-state index in [0.717, 1.165) is 0 Å². The normalized spacial score (nSPS) is 11.2. The first-order valence-corrected chi connectivity index (χ1v) is 5.65. The molecule has 110 valence electrons. The zero-order chi connectivity index (χ0) is 15.6. The zero-order valence-electron chi connectivity index (χ0n) is 10.7. The number of alkyl halides is 3. The number of nitrogens with zero attached hydrogens (tertiary/aromatic N) is 2. The van der Waals surface area contributed by atoms with E-state index < -0.39 is 23.4 Å². The number of ether oxygens (including phenoxy) is 1. The molecule has 0 saturated heterocycles. The highest BCUT2D eigenvalue weighted by molar-refractivity contribution is 5.89. The van der Waals surface area contributed by atoms with Gasteiger partial charge in [0, 0.05) is 6.20 Å². The van der Waals surface area contributed by atoms with Crippen LogP contribution < -0.4 is 4.74 Å². The average molecular weight is 298 g/mol. The largest absolute Gasteiger partial charge is 0.496 e. The van der Waals surface area contributed by atoms with Crippen LogP contribution in [0.3, 0.4) is 0 Å². The van der Waals surface area contributed by atoms with Gasteiger partial charge < -0.3 is 9.84 Å². The summed E-state index contributed by atoms with van der Waals surface area (Å²) in [6.45, 7) is 0. The van der Waals surface area contributed by atoms with E-state index in [2.05, 4.69) is 9.97 Å². The van der Waals surface area contributed by atoms with Crippen molar-refractivity contribution >= 4 is 5.97 Å². The lowest BCUT2D eigenvalue weighted by Crippen LogP contribution is -2.16. The van der Waals surface area contributed by atoms with E-state index in [1.54, 1.807) is 12.1 Å². The number of carbonyl (C=O) groups is 1. The zero-order valence-corrected chi connectivity index (χ0v) is 10.7. The van der Waals surface area contributed by atoms with E-state index in [1.807, 2.05) is 0 Å². The number of methoxy groups -OCH3 is 1. The minimum Gasteiger partial charge on any atom is -0.496 e. The molecule has 0 aliphatic rings. The molecule has 0 amide bonds. The highest BCUT2D eigenvalue weighted by Gasteiger charge is 2.38. The van der Waals surface area contributed by atoms with Gasteiger partial charge in [-0.05, 0) is 12.1 Å². The predicted molar refractivity (Wildman–Crippen MR) is 66.0 cm³/mol. The fourth-order valence-corrected chi connectivity index (χ4v) is 1.71. The van der Waals surface area contributed by atoms with Crippen LogP contribution in [-0.4, -0.2) is 28.2 Å². The number of carboxylic acids is 1. The van der Waals surface area contributed by atoms with Crippen LogP contribution in [0.4, 0.5) is 13.2 Å². The summed E-state index contributed by atoms with van der Waals surface area (Å²) in [6.07, 6.45) is -4.26. The van der Waals surface area contributed by atoms with Crippen molar-refractivity contribution in [3.8, 4) is 17.1 Å². The second kappa shape index (κ2) is 5.39. The maximum absolute atomic E-state index is 12.9. The van der Waals surface area contributed by atoms with Crippen molar-refractivity contribution < 1.29 is 27.8 Å². The van der Waals surface area contributed by atoms with Crippen LogP contribution in [0.25, 0.3) is 11.4 Å². The van der Waals surface area contributed by atoms with Gasteiger partial charge in [-0.15, -0.1) is 0 Å². The number of carboxylic acid groups (broad SMARTS) is 1. The number of benzene rings is 1. The van der Waals surface area contributed by atoms with Crippen molar-refractivity contribution in [2.24, 2.45) is 0 Å². The van der Waals surface area contributed by atoms with Gasteiger partial charge in [-0.2, -0.15) is 13.2 Å². The van der Waals surface area contributed by atoms with E-state index in [9.17, 15) is 18.0 Å². The molecule has 0 aliphatic carbocycles. The van der Waals surface area contributed by atoms with E-state index in [4.69, 9.17) is 9.84 Å². The molecule has 2 rings (SSSR count). The smallest absolute Gasteiger partial charge is 0.434 e. The molecule has 21 heavy (non-hydrogen) atoms. The van der Waals surface area contributed by atoms with Crippen molar-refractivity contribution in [1.29, 1.82) is 0 Å². The van der Waals surface area contributed by atoms with Gasteiger partial charge in [0.05, 0.1) is 12.7 Å². The molecule has 5 nitrogen and oxygen atoms in total. The maximum Gasteiger partial charge on any atom is 0.434 e. The highest BCUT2D eigenvalue weighted by atomic mass is 19.4. The molecular weight excluding hydrogens is 289 g/mol. The highest BCUT2D eigenvalue weighted by Crippen LogP contribution is 2.33. The number of hydrogen-bond donors (Lipinski definition) is 1. The third kappa shape index (κ3) is 2.93. The van der Waals surface area contributed by atoms with Gasteiger partial charge in [0.1, 0.15) is 11.3 Å². The van der Waals surface area contributed by atoms with Gasteiger partial charge in [-0.1, -0.05) is 12.1 Å². The van der Waals surface area contributed by atoms with E-state index in [1.165, 1.54) is 19.2 Å². The van der Waals surface area contributed by atoms with Crippen LogP contribution in [0.5, 0.6) is 5.75 Å². The standard InChI is InChI=1S/C13H9F3N2O3/c1-21-9-5-3-2-4-7(9)11-17-6-8(12(19)20)10(18-11)13(14,15)16/h2-6H,1H3,(H,19,20). The maximum atomic E-state index is 12.9. The molecule has 0 spiro atoms. The average Bonchev–Trinajstić information content (AvgIpc) is 2.45. The van der Waals surface area contributed by atoms with Crippen molar-refractivity contribution in [1.82, 2.24) is 9.97 Å². The minimum atomic E-state index is -4.90. The van der Waals surface area contributed by atoms with E-state index in [-0.39, 0.29) is 17.1 Å². The summed E-state index contributed by atoms with van der Waals surface area (Å²) in [7, 11) is 1.36. The molecule has 8 heteroatoms. The molecular formula is C13H9F3N2O3. The van der Waals surface area contributed by atoms with Crippen molar-refractivity contribution in [3.05, 3.63) is 41.7 Å². The molecule has 0 unspecified atom stereocenters. The number of halogens is 3. The first kappa shape index (κ1) is 14.8. The Balaban J connectivity index is 2.65. The lowest BCUT2D eigenvalue weighted by Gasteiger charge is -2.12. The third-order valence-corrected chi connectivity index (χ3v) is 2.64. The van der Waals surface area contributed by atoms with Gasteiger partial charge in [-0.25, -0.2) is 14.8 Å². The summed E-state index contributed by atoms with van der Waals surface area (Å²) in [5.41, 5.74) is -2.26. The Bertz CT molecular complexity index is 687. The van der Waals surface area contributed by atoms with Crippen LogP contribution in [-0.2, 0) is 6.18 Å². The SMILES string of the molecule is COc1ccccc1-c1ncc(C(=O)O)c(C(F)(F)F)n1. The lowest BCUT2D eigenvalue weighted by atomic mass is 10.1. The molecule has 1 N–H and O–H groups in total. The second-order valence-corrected chi connectivity index (χ2v) is 3.96. The molecule has 0 bridgehead atoms. The molecule has 0 radical (unpaired) electrons. The third-order valence-electron chi connectivity index (χ3n) is 2.64. The number of hydrogen-bond acceptors (Lipinski definition) is 4. The van der Waals surface area contributed by atoms with Crippen LogP contribution in [0.15, 0.2) is 30.5 Å². The van der Waals surface area contributed by atoms with Gasteiger partial charge in [-0.3, -0.25) is 0 Å². The minimum absolute atomic E-state index is 0.238. The summed E-state index contributed by atoms with van der Waals surface area (Å²) in [4.78, 5) is 17.9. The van der Waals surface area contributed by atoms with E-state index >= 15 is 0 Å². The Morgan fingerprint density at radius 2 is 1.95 bits per heavy atom.